The molecular weight excluding hydrogens is 407 g/mol. The molecule has 158 valence electrons. The van der Waals surface area contributed by atoms with Crippen molar-refractivity contribution in [3.05, 3.63) is 48.7 Å². The molecule has 5 rings (SSSR count). The van der Waals surface area contributed by atoms with Crippen LogP contribution in [0.15, 0.2) is 15.7 Å². The predicted molar refractivity (Wildman–Crippen MR) is 114 cm³/mol. The Labute approximate surface area is 175 Å². The van der Waals surface area contributed by atoms with Crippen LogP contribution < -0.4 is 16.0 Å². The SMILES string of the molecule is COc1c(F)c(-c2cc3c(s2)CCC(CO)C3)c(C)c2c1c(=O)[nH]c(=O)n2C1CC1. The third kappa shape index (κ3) is 2.85. The molecule has 8 heteroatoms. The number of aliphatic hydroxyl groups excluding tert-OH is 1. The Balaban J connectivity index is 1.82. The van der Waals surface area contributed by atoms with Gasteiger partial charge in [-0.05, 0) is 62.1 Å². The van der Waals surface area contributed by atoms with Gasteiger partial charge in [0, 0.05) is 28.0 Å². The number of hydrogen-bond acceptors (Lipinski definition) is 5. The summed E-state index contributed by atoms with van der Waals surface area (Å²) < 4.78 is 22.6. The van der Waals surface area contributed by atoms with Gasteiger partial charge >= 0.3 is 5.69 Å². The number of hydrogen-bond donors (Lipinski definition) is 2. The van der Waals surface area contributed by atoms with Crippen LogP contribution in [-0.2, 0) is 12.8 Å². The van der Waals surface area contributed by atoms with E-state index in [1.54, 1.807) is 22.8 Å². The van der Waals surface area contributed by atoms with Crippen LogP contribution in [-0.4, -0.2) is 28.4 Å². The summed E-state index contributed by atoms with van der Waals surface area (Å²) in [6.07, 6.45) is 4.27. The summed E-state index contributed by atoms with van der Waals surface area (Å²) in [5, 5.41) is 9.61. The topological polar surface area (TPSA) is 84.3 Å². The first-order chi connectivity index (χ1) is 14.4. The van der Waals surface area contributed by atoms with Crippen molar-refractivity contribution >= 4 is 22.2 Å². The molecule has 2 heterocycles. The first-order valence-electron chi connectivity index (χ1n) is 10.2. The fraction of sp³-hybridized carbons (Fsp3) is 0.455. The quantitative estimate of drug-likeness (QED) is 0.665. The molecule has 3 aromatic rings. The largest absolute Gasteiger partial charge is 0.493 e. The minimum absolute atomic E-state index is 0.0143. The van der Waals surface area contributed by atoms with Crippen LogP contribution in [0, 0.1) is 18.7 Å². The number of aryl methyl sites for hydroxylation is 2. The Morgan fingerprint density at radius 3 is 2.77 bits per heavy atom. The van der Waals surface area contributed by atoms with E-state index in [9.17, 15) is 14.7 Å². The molecule has 0 saturated heterocycles. The number of aromatic amines is 1. The third-order valence-corrected chi connectivity index (χ3v) is 7.58. The number of nitrogens with one attached hydrogen (secondary N) is 1. The van der Waals surface area contributed by atoms with E-state index >= 15 is 4.39 Å². The van der Waals surface area contributed by atoms with Gasteiger partial charge in [0.05, 0.1) is 12.6 Å². The summed E-state index contributed by atoms with van der Waals surface area (Å²) in [7, 11) is 1.34. The summed E-state index contributed by atoms with van der Waals surface area (Å²) in [6, 6.07) is 2.01. The van der Waals surface area contributed by atoms with Crippen LogP contribution in [0.5, 0.6) is 5.75 Å². The van der Waals surface area contributed by atoms with Crippen molar-refractivity contribution in [2.24, 2.45) is 5.92 Å². The van der Waals surface area contributed by atoms with Crippen LogP contribution in [0.4, 0.5) is 4.39 Å². The van der Waals surface area contributed by atoms with Crippen molar-refractivity contribution in [1.82, 2.24) is 9.55 Å². The maximum Gasteiger partial charge on any atom is 0.329 e. The van der Waals surface area contributed by atoms with E-state index in [1.807, 2.05) is 6.07 Å². The number of aliphatic hydroxyl groups is 1. The zero-order valence-electron chi connectivity index (χ0n) is 16.9. The van der Waals surface area contributed by atoms with Gasteiger partial charge in [0.25, 0.3) is 5.56 Å². The maximum absolute atomic E-state index is 15.7. The number of benzene rings is 1. The van der Waals surface area contributed by atoms with Gasteiger partial charge in [-0.15, -0.1) is 11.3 Å². The molecule has 0 radical (unpaired) electrons. The standard InChI is InChI=1S/C22H23FN2O4S/c1-10-16(15-8-12-7-11(9-26)3-6-14(12)30-15)18(23)20(29-2)17-19(10)25(13-4-5-13)22(28)24-21(17)27/h8,11,13,26H,3-7,9H2,1-2H3,(H,24,27,28). The van der Waals surface area contributed by atoms with Crippen molar-refractivity contribution in [2.75, 3.05) is 13.7 Å². The Morgan fingerprint density at radius 2 is 2.10 bits per heavy atom. The van der Waals surface area contributed by atoms with Crippen molar-refractivity contribution in [3.63, 3.8) is 0 Å². The van der Waals surface area contributed by atoms with Gasteiger partial charge in [-0.3, -0.25) is 14.3 Å². The number of aromatic nitrogens is 2. The van der Waals surface area contributed by atoms with E-state index in [4.69, 9.17) is 4.74 Å². The number of H-pyrrole nitrogens is 1. The minimum Gasteiger partial charge on any atom is -0.493 e. The second-order valence-corrected chi connectivity index (χ2v) is 9.42. The van der Waals surface area contributed by atoms with E-state index in [2.05, 4.69) is 4.98 Å². The highest BCUT2D eigenvalue weighted by Crippen LogP contribution is 2.45. The van der Waals surface area contributed by atoms with Crippen LogP contribution in [0.3, 0.4) is 0 Å². The first kappa shape index (κ1) is 19.5. The number of fused-ring (bicyclic) bond motifs is 2. The van der Waals surface area contributed by atoms with Gasteiger partial charge in [-0.25, -0.2) is 9.18 Å². The molecule has 0 spiro atoms. The molecule has 2 aliphatic carbocycles. The van der Waals surface area contributed by atoms with Gasteiger partial charge in [-0.2, -0.15) is 0 Å². The number of ether oxygens (including phenoxy) is 1. The number of halogens is 1. The zero-order chi connectivity index (χ0) is 21.2. The molecule has 1 atom stereocenters. The van der Waals surface area contributed by atoms with Crippen molar-refractivity contribution in [2.45, 2.75) is 45.1 Å². The number of thiophene rings is 1. The molecule has 2 aromatic heterocycles. The lowest BCUT2D eigenvalue weighted by Gasteiger charge is -2.19. The second-order valence-electron chi connectivity index (χ2n) is 8.28. The number of methoxy groups -OCH3 is 1. The lowest BCUT2D eigenvalue weighted by molar-refractivity contribution is 0.214. The van der Waals surface area contributed by atoms with Crippen molar-refractivity contribution in [1.29, 1.82) is 0 Å². The molecule has 0 bridgehead atoms. The van der Waals surface area contributed by atoms with E-state index in [0.717, 1.165) is 42.5 Å². The minimum atomic E-state index is -0.631. The Kier molecular flexibility index (Phi) is 4.59. The van der Waals surface area contributed by atoms with E-state index in [0.29, 0.717) is 16.6 Å². The van der Waals surface area contributed by atoms with Crippen molar-refractivity contribution in [3.8, 4) is 16.2 Å². The van der Waals surface area contributed by atoms with Crippen molar-refractivity contribution < 1.29 is 14.2 Å². The molecular formula is C22H23FN2O4S. The summed E-state index contributed by atoms with van der Waals surface area (Å²) in [5.41, 5.74) is 1.47. The van der Waals surface area contributed by atoms with Gasteiger partial charge in [0.2, 0.25) is 0 Å². The van der Waals surface area contributed by atoms with Crippen LogP contribution in [0.2, 0.25) is 0 Å². The van der Waals surface area contributed by atoms with Crippen LogP contribution in [0.25, 0.3) is 21.3 Å². The lowest BCUT2D eigenvalue weighted by Crippen LogP contribution is -2.31. The maximum atomic E-state index is 15.7. The number of nitrogens with zero attached hydrogens (tertiary/aromatic N) is 1. The summed E-state index contributed by atoms with van der Waals surface area (Å²) in [4.78, 5) is 29.5. The van der Waals surface area contributed by atoms with E-state index in [-0.39, 0.29) is 29.7 Å². The highest BCUT2D eigenvalue weighted by molar-refractivity contribution is 7.15. The fourth-order valence-electron chi connectivity index (χ4n) is 4.68. The molecule has 1 fully saturated rings. The monoisotopic (exact) mass is 430 g/mol. The predicted octanol–water partition coefficient (Wildman–Crippen LogP) is 3.31. The fourth-order valence-corrected chi connectivity index (χ4v) is 5.98. The van der Waals surface area contributed by atoms with E-state index < -0.39 is 17.1 Å². The van der Waals surface area contributed by atoms with Crippen LogP contribution >= 0.6 is 11.3 Å². The first-order valence-corrected chi connectivity index (χ1v) is 11.0. The third-order valence-electron chi connectivity index (χ3n) is 6.33. The van der Waals surface area contributed by atoms with Gasteiger partial charge in [0.1, 0.15) is 5.39 Å². The molecule has 2 aliphatic rings. The smallest absolute Gasteiger partial charge is 0.329 e. The molecule has 1 unspecified atom stereocenters. The normalized spacial score (nSPS) is 18.6. The average Bonchev–Trinajstić information content (AvgIpc) is 3.47. The highest BCUT2D eigenvalue weighted by Gasteiger charge is 2.32. The Morgan fingerprint density at radius 1 is 1.33 bits per heavy atom. The van der Waals surface area contributed by atoms with Gasteiger partial charge < -0.3 is 9.84 Å². The molecule has 1 saturated carbocycles. The summed E-state index contributed by atoms with van der Waals surface area (Å²) >= 11 is 1.54. The lowest BCUT2D eigenvalue weighted by atomic mass is 9.89. The Bertz CT molecular complexity index is 1290. The zero-order valence-corrected chi connectivity index (χ0v) is 17.7. The molecule has 2 N–H and O–H groups in total. The van der Waals surface area contributed by atoms with Gasteiger partial charge in [-0.1, -0.05) is 0 Å². The Hall–Kier alpha value is -2.45. The molecule has 0 amide bonds. The molecule has 1 aromatic carbocycles. The summed E-state index contributed by atoms with van der Waals surface area (Å²) in [6.45, 7) is 1.92. The molecule has 30 heavy (non-hydrogen) atoms. The second kappa shape index (κ2) is 7.06. The average molecular weight is 431 g/mol. The number of rotatable bonds is 4. The van der Waals surface area contributed by atoms with Crippen LogP contribution in [0.1, 0.15) is 41.3 Å². The molecule has 6 nitrogen and oxygen atoms in total. The van der Waals surface area contributed by atoms with E-state index in [1.165, 1.54) is 12.0 Å². The summed E-state index contributed by atoms with van der Waals surface area (Å²) in [5.74, 6) is -0.470. The van der Waals surface area contributed by atoms with Gasteiger partial charge in [0.15, 0.2) is 11.6 Å². The molecule has 0 aliphatic heterocycles. The highest BCUT2D eigenvalue weighted by atomic mass is 32.1.